The van der Waals surface area contributed by atoms with Crippen molar-refractivity contribution in [2.45, 2.75) is 25.9 Å². The van der Waals surface area contributed by atoms with Gasteiger partial charge >= 0.3 is 0 Å². The Morgan fingerprint density at radius 1 is 1.10 bits per heavy atom. The number of carbonyl (C=O) groups is 1. The van der Waals surface area contributed by atoms with Crippen LogP contribution in [0.4, 0.5) is 15.9 Å². The zero-order valence-corrected chi connectivity index (χ0v) is 23.1. The number of aryl methyl sites for hydroxylation is 1. The summed E-state index contributed by atoms with van der Waals surface area (Å²) in [5, 5.41) is 0. The standard InChI is InChI=1S/C28H28FN5O3S2/c1-18-4-9-24-30-25(32-12-10-31(11-13-32)20-7-5-19(29)6-8-20)22(26(35)33(24)16-18)15-23-27(36)34(28(38)39-23)17-21-3-2-14-37-21/h4-9,15-16,21H,2-3,10-14,17H2,1H3. The van der Waals surface area contributed by atoms with Crippen LogP contribution in [0.15, 0.2) is 52.3 Å². The number of hydrogen-bond donors (Lipinski definition) is 0. The molecule has 11 heteroatoms. The minimum absolute atomic E-state index is 0.0178. The van der Waals surface area contributed by atoms with Crippen LogP contribution < -0.4 is 15.4 Å². The summed E-state index contributed by atoms with van der Waals surface area (Å²) in [7, 11) is 0. The molecular formula is C28H28FN5O3S2. The molecule has 3 fully saturated rings. The van der Waals surface area contributed by atoms with Gasteiger partial charge in [-0.1, -0.05) is 30.0 Å². The molecule has 1 aromatic carbocycles. The van der Waals surface area contributed by atoms with Gasteiger partial charge in [-0.05, 0) is 61.7 Å². The van der Waals surface area contributed by atoms with Gasteiger partial charge in [-0.3, -0.25) is 18.9 Å². The van der Waals surface area contributed by atoms with E-state index in [9.17, 15) is 14.0 Å². The van der Waals surface area contributed by atoms with Gasteiger partial charge in [-0.2, -0.15) is 0 Å². The Morgan fingerprint density at radius 3 is 2.56 bits per heavy atom. The van der Waals surface area contributed by atoms with E-state index in [2.05, 4.69) is 9.80 Å². The molecule has 8 nitrogen and oxygen atoms in total. The van der Waals surface area contributed by atoms with Crippen molar-refractivity contribution in [3.63, 3.8) is 0 Å². The van der Waals surface area contributed by atoms with Crippen LogP contribution in [-0.4, -0.2) is 69.9 Å². The highest BCUT2D eigenvalue weighted by molar-refractivity contribution is 8.26. The number of anilines is 2. The SMILES string of the molecule is Cc1ccc2nc(N3CCN(c4ccc(F)cc4)CC3)c(C=C3SC(=S)N(CC4CCCO4)C3=O)c(=O)n2c1. The van der Waals surface area contributed by atoms with Gasteiger partial charge in [0.2, 0.25) is 0 Å². The fourth-order valence-corrected chi connectivity index (χ4v) is 6.48. The molecule has 1 atom stereocenters. The Bertz CT molecular complexity index is 1530. The number of thioether (sulfide) groups is 1. The van der Waals surface area contributed by atoms with E-state index in [1.165, 1.54) is 28.3 Å². The summed E-state index contributed by atoms with van der Waals surface area (Å²) in [6, 6.07) is 10.2. The molecule has 0 aliphatic carbocycles. The maximum absolute atomic E-state index is 13.8. The smallest absolute Gasteiger partial charge is 0.267 e. The Hall–Kier alpha value is -3.28. The summed E-state index contributed by atoms with van der Waals surface area (Å²) in [4.78, 5) is 38.3. The molecule has 202 valence electrons. The van der Waals surface area contributed by atoms with Gasteiger partial charge in [-0.15, -0.1) is 0 Å². The van der Waals surface area contributed by atoms with Crippen LogP contribution in [-0.2, 0) is 9.53 Å². The van der Waals surface area contributed by atoms with Crippen molar-refractivity contribution >= 4 is 57.4 Å². The number of fused-ring (bicyclic) bond motifs is 1. The second kappa shape index (κ2) is 10.7. The zero-order valence-electron chi connectivity index (χ0n) is 21.5. The van der Waals surface area contributed by atoms with E-state index in [0.29, 0.717) is 65.6 Å². The lowest BCUT2D eigenvalue weighted by atomic mass is 10.2. The quantitative estimate of drug-likeness (QED) is 0.342. The normalized spacial score (nSPS) is 21.1. The number of thiocarbonyl (C=S) groups is 1. The highest BCUT2D eigenvalue weighted by Crippen LogP contribution is 2.34. The van der Waals surface area contributed by atoms with Crippen LogP contribution in [0, 0.1) is 12.7 Å². The summed E-state index contributed by atoms with van der Waals surface area (Å²) in [6.07, 6.45) is 5.28. The highest BCUT2D eigenvalue weighted by Gasteiger charge is 2.35. The lowest BCUT2D eigenvalue weighted by molar-refractivity contribution is -0.123. The van der Waals surface area contributed by atoms with Crippen LogP contribution in [0.5, 0.6) is 0 Å². The van der Waals surface area contributed by atoms with Crippen molar-refractivity contribution in [1.29, 1.82) is 0 Å². The first-order valence-electron chi connectivity index (χ1n) is 13.0. The first-order valence-corrected chi connectivity index (χ1v) is 14.3. The second-order valence-electron chi connectivity index (χ2n) is 9.97. The molecule has 1 unspecified atom stereocenters. The van der Waals surface area contributed by atoms with Crippen molar-refractivity contribution in [3.8, 4) is 0 Å². The number of rotatable bonds is 5. The molecule has 0 spiro atoms. The van der Waals surface area contributed by atoms with E-state index in [-0.39, 0.29) is 23.4 Å². The van der Waals surface area contributed by atoms with Gasteiger partial charge < -0.3 is 14.5 Å². The van der Waals surface area contributed by atoms with Gasteiger partial charge in [0.25, 0.3) is 11.5 Å². The Balaban J connectivity index is 1.33. The molecule has 3 aliphatic rings. The van der Waals surface area contributed by atoms with Gasteiger partial charge in [0.05, 0.1) is 23.1 Å². The second-order valence-corrected chi connectivity index (χ2v) is 11.6. The Labute approximate surface area is 235 Å². The number of aromatic nitrogens is 2. The minimum atomic E-state index is -0.265. The molecule has 3 saturated heterocycles. The molecule has 6 rings (SSSR count). The number of pyridine rings is 1. The number of amides is 1. The van der Waals surface area contributed by atoms with Crippen molar-refractivity contribution in [1.82, 2.24) is 14.3 Å². The first kappa shape index (κ1) is 26.0. The Kier molecular flexibility index (Phi) is 7.13. The fraction of sp³-hybridized carbons (Fsp3) is 0.357. The number of benzene rings is 1. The third kappa shape index (κ3) is 5.18. The van der Waals surface area contributed by atoms with Crippen LogP contribution >= 0.6 is 24.0 Å². The molecule has 3 aliphatic heterocycles. The summed E-state index contributed by atoms with van der Waals surface area (Å²) in [5.74, 6) is 0.0765. The summed E-state index contributed by atoms with van der Waals surface area (Å²) in [6.45, 7) is 5.65. The van der Waals surface area contributed by atoms with Crippen molar-refractivity contribution in [3.05, 3.63) is 74.8 Å². The van der Waals surface area contributed by atoms with Crippen molar-refractivity contribution in [2.75, 3.05) is 49.1 Å². The van der Waals surface area contributed by atoms with Gasteiger partial charge in [0, 0.05) is 44.7 Å². The monoisotopic (exact) mass is 565 g/mol. The number of piperazine rings is 1. The molecule has 5 heterocycles. The maximum atomic E-state index is 13.8. The van der Waals surface area contributed by atoms with Crippen LogP contribution in [0.3, 0.4) is 0 Å². The topological polar surface area (TPSA) is 70.4 Å². The lowest BCUT2D eigenvalue weighted by Gasteiger charge is -2.37. The molecule has 0 N–H and O–H groups in total. The largest absolute Gasteiger partial charge is 0.376 e. The summed E-state index contributed by atoms with van der Waals surface area (Å²) >= 11 is 6.74. The van der Waals surface area contributed by atoms with Crippen LogP contribution in [0.1, 0.15) is 24.0 Å². The molecule has 0 saturated carbocycles. The van der Waals surface area contributed by atoms with Crippen LogP contribution in [0.25, 0.3) is 11.7 Å². The minimum Gasteiger partial charge on any atom is -0.376 e. The number of carbonyl (C=O) groups excluding carboxylic acids is 1. The number of ether oxygens (including phenoxy) is 1. The zero-order chi connectivity index (χ0) is 27.1. The molecule has 0 radical (unpaired) electrons. The predicted octanol–water partition coefficient (Wildman–Crippen LogP) is 3.85. The average Bonchev–Trinajstić information content (AvgIpc) is 3.55. The molecule has 1 amide bonds. The van der Waals surface area contributed by atoms with Crippen molar-refractivity contribution < 1.29 is 13.9 Å². The molecule has 2 aromatic heterocycles. The molecular weight excluding hydrogens is 537 g/mol. The Morgan fingerprint density at radius 2 is 1.85 bits per heavy atom. The van der Waals surface area contributed by atoms with E-state index in [1.54, 1.807) is 29.3 Å². The predicted molar refractivity (Wildman–Crippen MR) is 156 cm³/mol. The number of nitrogens with zero attached hydrogens (tertiary/aromatic N) is 5. The van der Waals surface area contributed by atoms with Gasteiger partial charge in [0.1, 0.15) is 21.6 Å². The van der Waals surface area contributed by atoms with E-state index in [1.807, 2.05) is 19.1 Å². The van der Waals surface area contributed by atoms with E-state index >= 15 is 0 Å². The van der Waals surface area contributed by atoms with E-state index < -0.39 is 0 Å². The third-order valence-electron chi connectivity index (χ3n) is 7.32. The van der Waals surface area contributed by atoms with Gasteiger partial charge in [-0.25, -0.2) is 9.37 Å². The highest BCUT2D eigenvalue weighted by atomic mass is 32.2. The molecule has 3 aromatic rings. The van der Waals surface area contributed by atoms with Gasteiger partial charge in [0.15, 0.2) is 0 Å². The molecule has 39 heavy (non-hydrogen) atoms. The fourth-order valence-electron chi connectivity index (χ4n) is 5.22. The lowest BCUT2D eigenvalue weighted by Crippen LogP contribution is -2.47. The van der Waals surface area contributed by atoms with Crippen LogP contribution in [0.2, 0.25) is 0 Å². The van der Waals surface area contributed by atoms with Crippen molar-refractivity contribution in [2.24, 2.45) is 0 Å². The van der Waals surface area contributed by atoms with E-state index in [0.717, 1.165) is 24.1 Å². The third-order valence-corrected chi connectivity index (χ3v) is 8.69. The average molecular weight is 566 g/mol. The molecule has 0 bridgehead atoms. The first-order chi connectivity index (χ1) is 18.9. The number of hydrogen-bond acceptors (Lipinski definition) is 8. The number of halogens is 1. The van der Waals surface area contributed by atoms with E-state index in [4.69, 9.17) is 21.9 Å². The summed E-state index contributed by atoms with van der Waals surface area (Å²) < 4.78 is 21.1. The maximum Gasteiger partial charge on any atom is 0.267 e. The summed E-state index contributed by atoms with van der Waals surface area (Å²) in [5.41, 5.74) is 2.56.